The average molecular weight is 361 g/mol. The zero-order chi connectivity index (χ0) is 16.8. The minimum absolute atomic E-state index is 0.106. The number of carbonyl (C=O) groups is 1. The Morgan fingerprint density at radius 1 is 1.38 bits per heavy atom. The van der Waals surface area contributed by atoms with E-state index in [1.165, 1.54) is 0 Å². The maximum absolute atomic E-state index is 12.0. The van der Waals surface area contributed by atoms with Crippen LogP contribution >= 0.6 is 23.1 Å². The molecule has 124 valence electrons. The summed E-state index contributed by atoms with van der Waals surface area (Å²) in [6.45, 7) is 2.35. The Hall–Kier alpha value is -2.33. The van der Waals surface area contributed by atoms with Gasteiger partial charge in [0, 0.05) is 17.8 Å². The van der Waals surface area contributed by atoms with E-state index in [1.807, 2.05) is 5.38 Å². The van der Waals surface area contributed by atoms with Gasteiger partial charge in [-0.3, -0.25) is 14.9 Å². The molecule has 0 saturated heterocycles. The number of nitrogens with zero attached hydrogens (tertiary/aromatic N) is 5. The normalized spacial score (nSPS) is 10.7. The number of hydrogen-bond donors (Lipinski definition) is 2. The van der Waals surface area contributed by atoms with Crippen LogP contribution < -0.4 is 5.32 Å². The standard InChI is InChI=1S/C14H15N7OS2/c1-2-23-14-18-9(8-24-14)5-12(22)17-7-11-19-13(21-20-11)10-6-15-3-4-16-10/h3-4,6,8H,2,5,7H2,1H3,(H,17,22)(H,19,20,21). The van der Waals surface area contributed by atoms with Crippen molar-refractivity contribution in [2.45, 2.75) is 24.2 Å². The van der Waals surface area contributed by atoms with Gasteiger partial charge in [0.2, 0.25) is 11.7 Å². The number of aromatic nitrogens is 6. The van der Waals surface area contributed by atoms with Crippen molar-refractivity contribution >= 4 is 29.0 Å². The van der Waals surface area contributed by atoms with Crippen molar-refractivity contribution in [3.05, 3.63) is 35.5 Å². The lowest BCUT2D eigenvalue weighted by Crippen LogP contribution is -2.25. The SMILES string of the molecule is CCSc1nc(CC(=O)NCc2nc(-c3cnccn3)n[nH]2)cs1. The zero-order valence-corrected chi connectivity index (χ0v) is 14.5. The first-order valence-corrected chi connectivity index (χ1v) is 9.12. The van der Waals surface area contributed by atoms with Crippen LogP contribution in [-0.4, -0.2) is 41.8 Å². The van der Waals surface area contributed by atoms with E-state index in [0.29, 0.717) is 17.3 Å². The van der Waals surface area contributed by atoms with Gasteiger partial charge < -0.3 is 5.32 Å². The lowest BCUT2D eigenvalue weighted by molar-refractivity contribution is -0.120. The van der Waals surface area contributed by atoms with Crippen LogP contribution in [0.5, 0.6) is 0 Å². The average Bonchev–Trinajstić information content (AvgIpc) is 3.24. The fourth-order valence-electron chi connectivity index (χ4n) is 1.87. The molecule has 24 heavy (non-hydrogen) atoms. The van der Waals surface area contributed by atoms with E-state index in [1.54, 1.807) is 41.7 Å². The smallest absolute Gasteiger partial charge is 0.226 e. The van der Waals surface area contributed by atoms with Gasteiger partial charge >= 0.3 is 0 Å². The summed E-state index contributed by atoms with van der Waals surface area (Å²) in [5.41, 5.74) is 1.36. The molecule has 2 N–H and O–H groups in total. The summed E-state index contributed by atoms with van der Waals surface area (Å²) in [6, 6.07) is 0. The number of H-pyrrole nitrogens is 1. The summed E-state index contributed by atoms with van der Waals surface area (Å²) >= 11 is 3.24. The minimum Gasteiger partial charge on any atom is -0.348 e. The Labute approximate surface area is 146 Å². The van der Waals surface area contributed by atoms with Crippen LogP contribution in [-0.2, 0) is 17.8 Å². The molecule has 0 bridgehead atoms. The van der Waals surface area contributed by atoms with Gasteiger partial charge in [0.05, 0.1) is 24.9 Å². The third-order valence-electron chi connectivity index (χ3n) is 2.92. The van der Waals surface area contributed by atoms with E-state index in [2.05, 4.69) is 42.4 Å². The molecule has 0 spiro atoms. The van der Waals surface area contributed by atoms with E-state index in [0.717, 1.165) is 15.8 Å². The fraction of sp³-hybridized carbons (Fsp3) is 0.286. The summed E-state index contributed by atoms with van der Waals surface area (Å²) in [4.78, 5) is 28.8. The molecule has 0 fully saturated rings. The van der Waals surface area contributed by atoms with Crippen molar-refractivity contribution in [2.75, 3.05) is 5.75 Å². The maximum atomic E-state index is 12.0. The molecule has 0 saturated carbocycles. The number of thiazole rings is 1. The Bertz CT molecular complexity index is 802. The Kier molecular flexibility index (Phi) is 5.49. The number of nitrogens with one attached hydrogen (secondary N) is 2. The molecule has 3 aromatic rings. The molecule has 1 amide bonds. The molecule has 3 heterocycles. The van der Waals surface area contributed by atoms with Crippen molar-refractivity contribution in [3.8, 4) is 11.5 Å². The van der Waals surface area contributed by atoms with Crippen LogP contribution in [0.1, 0.15) is 18.4 Å². The molecule has 3 aromatic heterocycles. The Morgan fingerprint density at radius 2 is 2.29 bits per heavy atom. The van der Waals surface area contributed by atoms with Gasteiger partial charge in [-0.2, -0.15) is 5.10 Å². The Morgan fingerprint density at radius 3 is 3.08 bits per heavy atom. The third kappa shape index (κ3) is 4.36. The summed E-state index contributed by atoms with van der Waals surface area (Å²) in [5.74, 6) is 1.88. The second-order valence-electron chi connectivity index (χ2n) is 4.69. The number of hydrogen-bond acceptors (Lipinski definition) is 8. The molecule has 0 aliphatic carbocycles. The second-order valence-corrected chi connectivity index (χ2v) is 7.06. The first kappa shape index (κ1) is 16.5. The molecular weight excluding hydrogens is 346 g/mol. The van der Waals surface area contributed by atoms with Crippen LogP contribution in [0, 0.1) is 0 Å². The van der Waals surface area contributed by atoms with Gasteiger partial charge in [-0.05, 0) is 5.75 Å². The summed E-state index contributed by atoms with van der Waals surface area (Å²) in [7, 11) is 0. The topological polar surface area (TPSA) is 109 Å². The molecule has 10 heteroatoms. The quantitative estimate of drug-likeness (QED) is 0.616. The van der Waals surface area contributed by atoms with Gasteiger partial charge in [0.1, 0.15) is 15.9 Å². The van der Waals surface area contributed by atoms with E-state index in [9.17, 15) is 4.79 Å². The highest BCUT2D eigenvalue weighted by molar-refractivity contribution is 8.00. The van der Waals surface area contributed by atoms with Gasteiger partial charge in [0.15, 0.2) is 0 Å². The lowest BCUT2D eigenvalue weighted by atomic mass is 10.3. The van der Waals surface area contributed by atoms with Crippen LogP contribution in [0.3, 0.4) is 0 Å². The van der Waals surface area contributed by atoms with Crippen molar-refractivity contribution in [3.63, 3.8) is 0 Å². The Balaban J connectivity index is 1.52. The molecular formula is C14H15N7OS2. The highest BCUT2D eigenvalue weighted by Gasteiger charge is 2.10. The lowest BCUT2D eigenvalue weighted by Gasteiger charge is -2.00. The van der Waals surface area contributed by atoms with Crippen molar-refractivity contribution in [2.24, 2.45) is 0 Å². The first-order valence-electron chi connectivity index (χ1n) is 7.26. The maximum Gasteiger partial charge on any atom is 0.226 e. The van der Waals surface area contributed by atoms with Crippen molar-refractivity contribution in [1.82, 2.24) is 35.5 Å². The third-order valence-corrected chi connectivity index (χ3v) is 4.87. The first-order chi connectivity index (χ1) is 11.7. The van der Waals surface area contributed by atoms with E-state index < -0.39 is 0 Å². The second kappa shape index (κ2) is 7.97. The van der Waals surface area contributed by atoms with Gasteiger partial charge in [-0.25, -0.2) is 15.0 Å². The molecule has 0 aromatic carbocycles. The summed E-state index contributed by atoms with van der Waals surface area (Å²) in [5, 5.41) is 11.6. The van der Waals surface area contributed by atoms with Gasteiger partial charge in [0.25, 0.3) is 0 Å². The van der Waals surface area contributed by atoms with Crippen molar-refractivity contribution < 1.29 is 4.79 Å². The molecule has 0 unspecified atom stereocenters. The number of aromatic amines is 1. The van der Waals surface area contributed by atoms with Crippen LogP contribution in [0.4, 0.5) is 0 Å². The molecule has 8 nitrogen and oxygen atoms in total. The number of amides is 1. The number of carbonyl (C=O) groups excluding carboxylic acids is 1. The predicted octanol–water partition coefficient (Wildman–Crippen LogP) is 1.69. The van der Waals surface area contributed by atoms with Gasteiger partial charge in [-0.1, -0.05) is 18.7 Å². The van der Waals surface area contributed by atoms with Crippen LogP contribution in [0.2, 0.25) is 0 Å². The van der Waals surface area contributed by atoms with E-state index >= 15 is 0 Å². The fourth-order valence-corrected chi connectivity index (χ4v) is 3.61. The summed E-state index contributed by atoms with van der Waals surface area (Å²) < 4.78 is 0.990. The number of rotatable bonds is 7. The highest BCUT2D eigenvalue weighted by Crippen LogP contribution is 2.22. The molecule has 0 radical (unpaired) electrons. The van der Waals surface area contributed by atoms with E-state index in [-0.39, 0.29) is 18.9 Å². The molecule has 3 rings (SSSR count). The minimum atomic E-state index is -0.106. The molecule has 0 atom stereocenters. The zero-order valence-electron chi connectivity index (χ0n) is 12.9. The predicted molar refractivity (Wildman–Crippen MR) is 91.5 cm³/mol. The molecule has 0 aliphatic rings. The van der Waals surface area contributed by atoms with Gasteiger partial charge in [-0.15, -0.1) is 11.3 Å². The monoisotopic (exact) mass is 361 g/mol. The van der Waals surface area contributed by atoms with Crippen molar-refractivity contribution in [1.29, 1.82) is 0 Å². The van der Waals surface area contributed by atoms with Crippen LogP contribution in [0.15, 0.2) is 28.3 Å². The largest absolute Gasteiger partial charge is 0.348 e. The summed E-state index contributed by atoms with van der Waals surface area (Å²) in [6.07, 6.45) is 5.00. The van der Waals surface area contributed by atoms with E-state index in [4.69, 9.17) is 0 Å². The molecule has 0 aliphatic heterocycles. The van der Waals surface area contributed by atoms with Crippen LogP contribution in [0.25, 0.3) is 11.5 Å². The number of thioether (sulfide) groups is 1. The highest BCUT2D eigenvalue weighted by atomic mass is 32.2.